The van der Waals surface area contributed by atoms with E-state index in [-0.39, 0.29) is 28.4 Å². The molecule has 2 atom stereocenters. The quantitative estimate of drug-likeness (QED) is 0.0888. The van der Waals surface area contributed by atoms with Gasteiger partial charge in [-0.05, 0) is 66.1 Å². The molecule has 0 radical (unpaired) electrons. The third-order valence-electron chi connectivity index (χ3n) is 6.66. The summed E-state index contributed by atoms with van der Waals surface area (Å²) < 4.78 is 19.6. The minimum Gasteiger partial charge on any atom is -0.507 e. The summed E-state index contributed by atoms with van der Waals surface area (Å²) in [6.45, 7) is 1.96. The molecule has 1 aromatic heterocycles. The molecule has 2 unspecified atom stereocenters. The minimum absolute atomic E-state index is 0.0111. The van der Waals surface area contributed by atoms with Crippen molar-refractivity contribution in [1.82, 2.24) is 10.2 Å². The predicted octanol–water partition coefficient (Wildman–Crippen LogP) is 6.57. The smallest absolute Gasteiger partial charge is 0.301 e. The lowest BCUT2D eigenvalue weighted by atomic mass is 9.94. The summed E-state index contributed by atoms with van der Waals surface area (Å²) in [6.07, 6.45) is 0.683. The molecule has 1 N–H and O–H groups in total. The van der Waals surface area contributed by atoms with E-state index in [0.29, 0.717) is 32.7 Å². The molecule has 202 valence electrons. The molecule has 0 aliphatic carbocycles. The Morgan fingerprint density at radius 2 is 1.95 bits per heavy atom. The van der Waals surface area contributed by atoms with Gasteiger partial charge in [0.15, 0.2) is 4.34 Å². The first-order valence-corrected chi connectivity index (χ1v) is 14.5. The fraction of sp³-hybridized carbons (Fsp3) is 0.172. The first-order valence-electron chi connectivity index (χ1n) is 12.4. The van der Waals surface area contributed by atoms with Crippen molar-refractivity contribution in [3.8, 4) is 5.75 Å². The number of hydrogen-bond donors (Lipinski definition) is 1. The number of Topliss-reactive ketones (excluding diaryl/α,β-unsaturated/α-hetero) is 1. The number of nitrogens with zero attached hydrogens (tertiary/aromatic N) is 3. The maximum atomic E-state index is 13.5. The van der Waals surface area contributed by atoms with E-state index in [4.69, 9.17) is 16.3 Å². The van der Waals surface area contributed by atoms with Crippen LogP contribution in [0.4, 0.5) is 9.52 Å². The average Bonchev–Trinajstić information content (AvgIpc) is 3.63. The molecule has 1 fully saturated rings. The topological polar surface area (TPSA) is 92.6 Å². The maximum absolute atomic E-state index is 13.5. The molecule has 11 heteroatoms. The molecule has 2 aliphatic rings. The normalized spacial score (nSPS) is 19.6. The van der Waals surface area contributed by atoms with Crippen molar-refractivity contribution in [2.75, 3.05) is 4.90 Å². The van der Waals surface area contributed by atoms with E-state index < -0.39 is 17.7 Å². The number of carbonyl (C=O) groups is 2. The van der Waals surface area contributed by atoms with E-state index in [9.17, 15) is 19.1 Å². The number of carbonyl (C=O) groups excluding carboxylic acids is 2. The predicted molar refractivity (Wildman–Crippen MR) is 152 cm³/mol. The second-order valence-electron chi connectivity index (χ2n) is 9.44. The standard InChI is InChI=1S/C29H21ClFN3O4S2/c1-15-11-19-12-18(7-10-22(19)38-15)25(35)23-24(17-3-2-4-20(30)13-17)34(27(37)26(23)36)28-32-33-29(40-28)39-14-16-5-8-21(31)9-6-16/h2-10,12-13,15,24,35H,11,14H2,1H3. The van der Waals surface area contributed by atoms with Gasteiger partial charge >= 0.3 is 5.91 Å². The van der Waals surface area contributed by atoms with Crippen LogP contribution in [0.15, 0.2) is 76.6 Å². The van der Waals surface area contributed by atoms with Crippen molar-refractivity contribution >= 4 is 57.3 Å². The van der Waals surface area contributed by atoms with E-state index in [1.165, 1.54) is 28.8 Å². The van der Waals surface area contributed by atoms with Crippen molar-refractivity contribution in [3.63, 3.8) is 0 Å². The Hall–Kier alpha value is -3.73. The van der Waals surface area contributed by atoms with Crippen molar-refractivity contribution < 1.29 is 23.8 Å². The molecule has 6 rings (SSSR count). The third-order valence-corrected chi connectivity index (χ3v) is 9.02. The first-order chi connectivity index (χ1) is 19.3. The largest absolute Gasteiger partial charge is 0.507 e. The monoisotopic (exact) mass is 593 g/mol. The van der Waals surface area contributed by atoms with Gasteiger partial charge in [-0.25, -0.2) is 4.39 Å². The zero-order valence-corrected chi connectivity index (χ0v) is 23.4. The fourth-order valence-corrected chi connectivity index (χ4v) is 6.85. The third kappa shape index (κ3) is 4.98. The van der Waals surface area contributed by atoms with Crippen LogP contribution in [0.5, 0.6) is 5.75 Å². The van der Waals surface area contributed by atoms with Crippen LogP contribution in [0.2, 0.25) is 5.02 Å². The molecule has 2 aliphatic heterocycles. The fourth-order valence-electron chi connectivity index (χ4n) is 4.83. The Morgan fingerprint density at radius 3 is 2.73 bits per heavy atom. The van der Waals surface area contributed by atoms with Gasteiger partial charge in [-0.3, -0.25) is 14.5 Å². The van der Waals surface area contributed by atoms with Crippen LogP contribution in [-0.4, -0.2) is 33.1 Å². The number of aromatic nitrogens is 2. The molecular weight excluding hydrogens is 573 g/mol. The SMILES string of the molecule is CC1Cc2cc(C(O)=C3C(=O)C(=O)N(c4nnc(SCc5ccc(F)cc5)s4)C3c3cccc(Cl)c3)ccc2O1. The van der Waals surface area contributed by atoms with Crippen molar-refractivity contribution in [2.45, 2.75) is 35.6 Å². The zero-order valence-electron chi connectivity index (χ0n) is 21.0. The average molecular weight is 594 g/mol. The number of thioether (sulfide) groups is 1. The number of ether oxygens (including phenoxy) is 1. The van der Waals surface area contributed by atoms with Crippen LogP contribution in [0.1, 0.15) is 35.2 Å². The molecule has 4 aromatic rings. The number of ketones is 1. The van der Waals surface area contributed by atoms with Gasteiger partial charge in [0.25, 0.3) is 5.78 Å². The van der Waals surface area contributed by atoms with E-state index in [1.54, 1.807) is 54.6 Å². The number of anilines is 1. The van der Waals surface area contributed by atoms with E-state index >= 15 is 0 Å². The van der Waals surface area contributed by atoms with Crippen molar-refractivity contribution in [3.05, 3.63) is 105 Å². The Labute approximate surface area is 242 Å². The molecule has 0 saturated carbocycles. The van der Waals surface area contributed by atoms with Crippen LogP contribution in [0.25, 0.3) is 5.76 Å². The number of amides is 1. The molecule has 0 spiro atoms. The second kappa shape index (κ2) is 10.7. The highest BCUT2D eigenvalue weighted by Gasteiger charge is 2.48. The summed E-state index contributed by atoms with van der Waals surface area (Å²) in [4.78, 5) is 28.2. The van der Waals surface area contributed by atoms with E-state index in [1.807, 2.05) is 6.92 Å². The number of halogens is 2. The minimum atomic E-state index is -0.968. The lowest BCUT2D eigenvalue weighted by Gasteiger charge is -2.22. The Morgan fingerprint density at radius 1 is 1.15 bits per heavy atom. The summed E-state index contributed by atoms with van der Waals surface area (Å²) in [5.74, 6) is -1.00. The van der Waals surface area contributed by atoms with Crippen LogP contribution in [0.3, 0.4) is 0 Å². The zero-order chi connectivity index (χ0) is 28.0. The van der Waals surface area contributed by atoms with Gasteiger partial charge < -0.3 is 9.84 Å². The molecule has 1 saturated heterocycles. The lowest BCUT2D eigenvalue weighted by Crippen LogP contribution is -2.29. The Balaban J connectivity index is 1.38. The number of aliphatic hydroxyl groups is 1. The van der Waals surface area contributed by atoms with Gasteiger partial charge in [0.05, 0.1) is 11.6 Å². The summed E-state index contributed by atoms with van der Waals surface area (Å²) in [5.41, 5.74) is 2.71. The van der Waals surface area contributed by atoms with Gasteiger partial charge in [-0.2, -0.15) is 0 Å². The summed E-state index contributed by atoms with van der Waals surface area (Å²) in [6, 6.07) is 17.2. The summed E-state index contributed by atoms with van der Waals surface area (Å²) >= 11 is 8.83. The van der Waals surface area contributed by atoms with Gasteiger partial charge in [0.1, 0.15) is 23.4 Å². The highest BCUT2D eigenvalue weighted by molar-refractivity contribution is 8.00. The number of aliphatic hydroxyl groups excluding tert-OH is 1. The Kier molecular flexibility index (Phi) is 7.07. The number of rotatable bonds is 6. The van der Waals surface area contributed by atoms with Crippen molar-refractivity contribution in [1.29, 1.82) is 0 Å². The molecule has 40 heavy (non-hydrogen) atoms. The van der Waals surface area contributed by atoms with Crippen molar-refractivity contribution in [2.24, 2.45) is 0 Å². The molecule has 1 amide bonds. The number of hydrogen-bond acceptors (Lipinski definition) is 8. The first kappa shape index (κ1) is 26.5. The van der Waals surface area contributed by atoms with E-state index in [2.05, 4.69) is 10.2 Å². The maximum Gasteiger partial charge on any atom is 0.301 e. The second-order valence-corrected chi connectivity index (χ2v) is 12.1. The van der Waals surface area contributed by atoms with Gasteiger partial charge in [0.2, 0.25) is 5.13 Å². The molecule has 3 heterocycles. The van der Waals surface area contributed by atoms with Crippen LogP contribution >= 0.6 is 34.7 Å². The lowest BCUT2D eigenvalue weighted by molar-refractivity contribution is -0.132. The molecule has 3 aromatic carbocycles. The van der Waals surface area contributed by atoms with Gasteiger partial charge in [-0.1, -0.05) is 59.0 Å². The van der Waals surface area contributed by atoms with Gasteiger partial charge in [0, 0.05) is 22.8 Å². The highest BCUT2D eigenvalue weighted by Crippen LogP contribution is 2.45. The Bertz CT molecular complexity index is 1670. The molecular formula is C29H21ClFN3O4S2. The molecule has 0 bridgehead atoms. The number of fused-ring (bicyclic) bond motifs is 1. The van der Waals surface area contributed by atoms with Gasteiger partial charge in [-0.15, -0.1) is 10.2 Å². The molecule has 7 nitrogen and oxygen atoms in total. The summed E-state index contributed by atoms with van der Waals surface area (Å²) in [5, 5.41) is 20.5. The number of benzene rings is 3. The summed E-state index contributed by atoms with van der Waals surface area (Å²) in [7, 11) is 0. The van der Waals surface area contributed by atoms with Crippen LogP contribution in [-0.2, 0) is 21.8 Å². The highest BCUT2D eigenvalue weighted by atomic mass is 35.5. The van der Waals surface area contributed by atoms with Crippen LogP contribution in [0, 0.1) is 5.82 Å². The van der Waals surface area contributed by atoms with E-state index in [0.717, 1.165) is 28.2 Å². The van der Waals surface area contributed by atoms with Crippen LogP contribution < -0.4 is 9.64 Å².